The molecule has 0 spiro atoms. The number of Topliss-reactive ketones (excluding diaryl/α,β-unsaturated/α-hetero) is 1. The van der Waals surface area contributed by atoms with E-state index in [1.54, 1.807) is 18.2 Å². The number of rotatable bonds is 3. The van der Waals surface area contributed by atoms with Gasteiger partial charge in [-0.05, 0) is 0 Å². The molecule has 1 atom stereocenters. The van der Waals surface area contributed by atoms with Crippen molar-refractivity contribution in [3.63, 3.8) is 0 Å². The summed E-state index contributed by atoms with van der Waals surface area (Å²) in [7, 11) is 0. The molecule has 15 heavy (non-hydrogen) atoms. The fraction of sp³-hybridized carbons (Fsp3) is 0.300. The molecule has 0 saturated carbocycles. The smallest absolute Gasteiger partial charge is 0.320 e. The largest absolute Gasteiger partial charge is 0.404 e. The van der Waals surface area contributed by atoms with Gasteiger partial charge in [0.2, 0.25) is 0 Å². The lowest BCUT2D eigenvalue weighted by molar-refractivity contribution is -0.146. The van der Waals surface area contributed by atoms with Crippen LogP contribution in [0.25, 0.3) is 0 Å². The van der Waals surface area contributed by atoms with Gasteiger partial charge in [-0.1, -0.05) is 30.3 Å². The Labute approximate surface area is 84.9 Å². The zero-order chi connectivity index (χ0) is 11.5. The zero-order valence-corrected chi connectivity index (χ0v) is 7.79. The van der Waals surface area contributed by atoms with Gasteiger partial charge in [0.1, 0.15) is 6.04 Å². The van der Waals surface area contributed by atoms with Gasteiger partial charge >= 0.3 is 6.18 Å². The maximum absolute atomic E-state index is 12.0. The summed E-state index contributed by atoms with van der Waals surface area (Å²) in [5.41, 5.74) is 5.09. The predicted octanol–water partition coefficient (Wildman–Crippen LogP) is 2.15. The Morgan fingerprint density at radius 3 is 2.27 bits per heavy atom. The van der Waals surface area contributed by atoms with E-state index in [9.17, 15) is 18.0 Å². The minimum atomic E-state index is -4.52. The quantitative estimate of drug-likeness (QED) is 0.788. The predicted molar refractivity (Wildman–Crippen MR) is 49.4 cm³/mol. The summed E-state index contributed by atoms with van der Waals surface area (Å²) >= 11 is 0. The minimum Gasteiger partial charge on any atom is -0.320 e. The van der Waals surface area contributed by atoms with Crippen LogP contribution in [0.3, 0.4) is 0 Å². The molecule has 0 amide bonds. The van der Waals surface area contributed by atoms with Crippen LogP contribution in [-0.2, 0) is 0 Å². The summed E-state index contributed by atoms with van der Waals surface area (Å²) in [4.78, 5) is 11.3. The van der Waals surface area contributed by atoms with Crippen LogP contribution in [0.2, 0.25) is 0 Å². The first-order chi connectivity index (χ1) is 6.91. The Kier molecular flexibility index (Phi) is 3.47. The molecule has 0 fully saturated rings. The lowest BCUT2D eigenvalue weighted by Gasteiger charge is -2.14. The van der Waals surface area contributed by atoms with Gasteiger partial charge in [0, 0.05) is 12.0 Å². The van der Waals surface area contributed by atoms with Gasteiger partial charge in [0.25, 0.3) is 0 Å². The first kappa shape index (κ1) is 11.7. The van der Waals surface area contributed by atoms with Crippen LogP contribution in [0.5, 0.6) is 0 Å². The van der Waals surface area contributed by atoms with Crippen LogP contribution in [0.1, 0.15) is 16.8 Å². The molecule has 1 unspecified atom stereocenters. The van der Waals surface area contributed by atoms with E-state index in [0.29, 0.717) is 0 Å². The molecule has 1 rings (SSSR count). The molecule has 82 valence electrons. The first-order valence-corrected chi connectivity index (χ1v) is 4.32. The van der Waals surface area contributed by atoms with Crippen molar-refractivity contribution in [1.29, 1.82) is 0 Å². The average Bonchev–Trinajstić information content (AvgIpc) is 2.17. The summed E-state index contributed by atoms with van der Waals surface area (Å²) < 4.78 is 36.1. The Bertz CT molecular complexity index is 334. The molecule has 2 nitrogen and oxygen atoms in total. The molecular formula is C10H10F3NO. The fourth-order valence-electron chi connectivity index (χ4n) is 1.06. The molecule has 0 aromatic heterocycles. The first-order valence-electron chi connectivity index (χ1n) is 4.32. The second kappa shape index (κ2) is 4.44. The standard InChI is InChI=1S/C10H10F3NO/c11-10(12,13)9(14)6-8(15)7-4-2-1-3-5-7/h1-5,9H,6,14H2. The van der Waals surface area contributed by atoms with Crippen molar-refractivity contribution in [2.24, 2.45) is 5.73 Å². The third-order valence-corrected chi connectivity index (χ3v) is 1.92. The van der Waals surface area contributed by atoms with Crippen molar-refractivity contribution in [3.8, 4) is 0 Å². The second-order valence-electron chi connectivity index (χ2n) is 3.14. The minimum absolute atomic E-state index is 0.247. The molecule has 0 aliphatic carbocycles. The highest BCUT2D eigenvalue weighted by Crippen LogP contribution is 2.21. The Morgan fingerprint density at radius 1 is 1.27 bits per heavy atom. The lowest BCUT2D eigenvalue weighted by Crippen LogP contribution is -2.39. The van der Waals surface area contributed by atoms with Gasteiger partial charge in [-0.25, -0.2) is 0 Å². The Morgan fingerprint density at radius 2 is 1.80 bits per heavy atom. The van der Waals surface area contributed by atoms with E-state index in [1.807, 2.05) is 0 Å². The highest BCUT2D eigenvalue weighted by molar-refractivity contribution is 5.96. The van der Waals surface area contributed by atoms with Crippen LogP contribution >= 0.6 is 0 Å². The number of ketones is 1. The van der Waals surface area contributed by atoms with E-state index in [0.717, 1.165) is 0 Å². The van der Waals surface area contributed by atoms with E-state index >= 15 is 0 Å². The van der Waals surface area contributed by atoms with Gasteiger partial charge < -0.3 is 5.73 Å². The van der Waals surface area contributed by atoms with Crippen molar-refractivity contribution < 1.29 is 18.0 Å². The summed E-state index contributed by atoms with van der Waals surface area (Å²) in [6.45, 7) is 0. The SMILES string of the molecule is NC(CC(=O)c1ccccc1)C(F)(F)F. The maximum atomic E-state index is 12.0. The zero-order valence-electron chi connectivity index (χ0n) is 7.79. The molecular weight excluding hydrogens is 207 g/mol. The fourth-order valence-corrected chi connectivity index (χ4v) is 1.06. The van der Waals surface area contributed by atoms with Gasteiger partial charge in [0.15, 0.2) is 5.78 Å². The summed E-state index contributed by atoms with van der Waals surface area (Å²) in [6.07, 6.45) is -5.24. The molecule has 1 aromatic rings. The molecule has 0 bridgehead atoms. The highest BCUT2D eigenvalue weighted by Gasteiger charge is 2.37. The Hall–Kier alpha value is -1.36. The van der Waals surface area contributed by atoms with Crippen molar-refractivity contribution in [1.82, 2.24) is 0 Å². The highest BCUT2D eigenvalue weighted by atomic mass is 19.4. The van der Waals surface area contributed by atoms with Crippen LogP contribution in [0.4, 0.5) is 13.2 Å². The number of hydrogen-bond donors (Lipinski definition) is 1. The van der Waals surface area contributed by atoms with Crippen LogP contribution in [0.15, 0.2) is 30.3 Å². The Balaban J connectivity index is 2.65. The van der Waals surface area contributed by atoms with Crippen LogP contribution < -0.4 is 5.73 Å². The van der Waals surface area contributed by atoms with E-state index < -0.39 is 24.4 Å². The molecule has 1 aromatic carbocycles. The van der Waals surface area contributed by atoms with Crippen LogP contribution in [0, 0.1) is 0 Å². The number of halogens is 3. The number of alkyl halides is 3. The van der Waals surface area contributed by atoms with Gasteiger partial charge in [-0.15, -0.1) is 0 Å². The summed E-state index contributed by atoms with van der Waals surface area (Å²) in [6, 6.07) is 5.70. The number of hydrogen-bond acceptors (Lipinski definition) is 2. The lowest BCUT2D eigenvalue weighted by atomic mass is 10.0. The van der Waals surface area contributed by atoms with Crippen LogP contribution in [-0.4, -0.2) is 18.0 Å². The van der Waals surface area contributed by atoms with E-state index in [4.69, 9.17) is 5.73 Å². The van der Waals surface area contributed by atoms with Crippen molar-refractivity contribution in [2.75, 3.05) is 0 Å². The van der Waals surface area contributed by atoms with Crippen molar-refractivity contribution in [3.05, 3.63) is 35.9 Å². The summed E-state index contributed by atoms with van der Waals surface area (Å²) in [5, 5.41) is 0. The molecule has 2 N–H and O–H groups in total. The number of nitrogens with two attached hydrogens (primary N) is 1. The number of carbonyl (C=O) groups is 1. The molecule has 0 radical (unpaired) electrons. The van der Waals surface area contributed by atoms with E-state index in [2.05, 4.69) is 0 Å². The summed E-state index contributed by atoms with van der Waals surface area (Å²) in [5.74, 6) is -0.597. The number of carbonyl (C=O) groups excluding carboxylic acids is 1. The normalized spacial score (nSPS) is 13.6. The average molecular weight is 217 g/mol. The maximum Gasteiger partial charge on any atom is 0.404 e. The molecule has 5 heteroatoms. The molecule has 0 heterocycles. The second-order valence-corrected chi connectivity index (χ2v) is 3.14. The van der Waals surface area contributed by atoms with Gasteiger partial charge in [-0.2, -0.15) is 13.2 Å². The molecule has 0 aliphatic rings. The van der Waals surface area contributed by atoms with Gasteiger partial charge in [0.05, 0.1) is 0 Å². The third kappa shape index (κ3) is 3.36. The topological polar surface area (TPSA) is 43.1 Å². The van der Waals surface area contributed by atoms with E-state index in [-0.39, 0.29) is 5.56 Å². The molecule has 0 saturated heterocycles. The monoisotopic (exact) mass is 217 g/mol. The number of benzene rings is 1. The van der Waals surface area contributed by atoms with Crippen molar-refractivity contribution in [2.45, 2.75) is 18.6 Å². The van der Waals surface area contributed by atoms with Gasteiger partial charge in [-0.3, -0.25) is 4.79 Å². The molecule has 0 aliphatic heterocycles. The van der Waals surface area contributed by atoms with E-state index in [1.165, 1.54) is 12.1 Å². The van der Waals surface area contributed by atoms with Crippen molar-refractivity contribution >= 4 is 5.78 Å². The third-order valence-electron chi connectivity index (χ3n) is 1.92.